The molecule has 2 heteroatoms. The summed E-state index contributed by atoms with van der Waals surface area (Å²) in [4.78, 5) is 0. The number of allylic oxidation sites excluding steroid dienone is 10. The molecule has 1 aliphatic rings. The zero-order valence-corrected chi connectivity index (χ0v) is 20.7. The molecular weight excluding hydrogens is 368 g/mol. The average molecular weight is 411 g/mol. The van der Waals surface area contributed by atoms with Crippen LogP contribution < -0.4 is 0 Å². The van der Waals surface area contributed by atoms with Gasteiger partial charge in [0.25, 0.3) is 0 Å². The SMILES string of the molecule is C=C(C)C(=C(C)C)C(/C(C(=C)C)=C(\C)C(=C)C)C1CC=C(C(=C)O)C=C1OC.CC. The van der Waals surface area contributed by atoms with Crippen LogP contribution in [0.3, 0.4) is 0 Å². The maximum atomic E-state index is 9.84. The third kappa shape index (κ3) is 6.52. The van der Waals surface area contributed by atoms with Gasteiger partial charge in [0.15, 0.2) is 0 Å². The monoisotopic (exact) mass is 410 g/mol. The molecule has 1 rings (SSSR count). The lowest BCUT2D eigenvalue weighted by Crippen LogP contribution is -2.26. The maximum Gasteiger partial charge on any atom is 0.115 e. The Labute approximate surface area is 185 Å². The number of aliphatic hydroxyl groups excluding tert-OH is 1. The molecule has 0 saturated carbocycles. The van der Waals surface area contributed by atoms with Crippen LogP contribution in [-0.2, 0) is 4.74 Å². The number of aliphatic hydroxyl groups is 1. The van der Waals surface area contributed by atoms with Crippen molar-refractivity contribution in [2.24, 2.45) is 11.8 Å². The Hall–Kier alpha value is -2.48. The number of methoxy groups -OCH3 is 1. The Morgan fingerprint density at radius 1 is 0.933 bits per heavy atom. The topological polar surface area (TPSA) is 29.5 Å². The molecule has 0 amide bonds. The Bertz CT molecular complexity index is 821. The Morgan fingerprint density at radius 2 is 1.43 bits per heavy atom. The van der Waals surface area contributed by atoms with Gasteiger partial charge in [-0.2, -0.15) is 0 Å². The minimum Gasteiger partial charge on any atom is -0.508 e. The van der Waals surface area contributed by atoms with Crippen molar-refractivity contribution in [2.45, 2.75) is 61.8 Å². The van der Waals surface area contributed by atoms with E-state index < -0.39 is 0 Å². The molecule has 0 fully saturated rings. The van der Waals surface area contributed by atoms with Gasteiger partial charge in [0, 0.05) is 17.4 Å². The molecule has 1 aliphatic carbocycles. The lowest BCUT2D eigenvalue weighted by Gasteiger charge is -2.36. The van der Waals surface area contributed by atoms with Crippen molar-refractivity contribution in [1.82, 2.24) is 0 Å². The standard InChI is InChI=1S/C26H36O2.C2H6/c1-15(2)19(9)25(18(7)8)26(24(16(3)4)17(5)6)22-13-12-21(20(10)27)14-23(22)28-11;1-2/h12,14,22,26-27H,1,3,7,10,13H2,2,4-6,8-9,11H3;1-2H3/b25-19+;. The summed E-state index contributed by atoms with van der Waals surface area (Å²) in [5.41, 5.74) is 8.55. The van der Waals surface area contributed by atoms with Crippen molar-refractivity contribution < 1.29 is 9.84 Å². The van der Waals surface area contributed by atoms with Crippen LogP contribution in [0.4, 0.5) is 0 Å². The van der Waals surface area contributed by atoms with Crippen molar-refractivity contribution in [3.8, 4) is 0 Å². The number of hydrogen-bond acceptors (Lipinski definition) is 2. The zero-order valence-electron chi connectivity index (χ0n) is 20.7. The van der Waals surface area contributed by atoms with Crippen LogP contribution in [-0.4, -0.2) is 12.2 Å². The van der Waals surface area contributed by atoms with Crippen LogP contribution in [0.5, 0.6) is 0 Å². The van der Waals surface area contributed by atoms with Crippen molar-refractivity contribution in [3.63, 3.8) is 0 Å². The molecule has 0 aromatic carbocycles. The lowest BCUT2D eigenvalue weighted by atomic mass is 9.69. The quantitative estimate of drug-likeness (QED) is 0.321. The number of hydrogen-bond donors (Lipinski definition) is 1. The first-order valence-electron chi connectivity index (χ1n) is 10.6. The van der Waals surface area contributed by atoms with E-state index >= 15 is 0 Å². The van der Waals surface area contributed by atoms with Gasteiger partial charge in [0.2, 0.25) is 0 Å². The fourth-order valence-corrected chi connectivity index (χ4v) is 4.00. The second kappa shape index (κ2) is 12.3. The smallest absolute Gasteiger partial charge is 0.115 e. The highest BCUT2D eigenvalue weighted by Gasteiger charge is 2.35. The Balaban J connectivity index is 0.00000407. The molecule has 0 radical (unpaired) electrons. The fraction of sp³-hybridized carbons (Fsp3) is 0.429. The summed E-state index contributed by atoms with van der Waals surface area (Å²) in [6.45, 7) is 32.9. The minimum absolute atomic E-state index is 0.0349. The highest BCUT2D eigenvalue weighted by Crippen LogP contribution is 2.45. The number of rotatable bonds is 8. The minimum atomic E-state index is 0.0349. The lowest BCUT2D eigenvalue weighted by molar-refractivity contribution is 0.220. The van der Waals surface area contributed by atoms with Crippen LogP contribution in [0.2, 0.25) is 0 Å². The van der Waals surface area contributed by atoms with E-state index in [1.165, 1.54) is 16.7 Å². The van der Waals surface area contributed by atoms with Crippen molar-refractivity contribution >= 4 is 0 Å². The highest BCUT2D eigenvalue weighted by atomic mass is 16.5. The molecule has 2 atom stereocenters. The van der Waals surface area contributed by atoms with Gasteiger partial charge in [-0.25, -0.2) is 0 Å². The van der Waals surface area contributed by atoms with Gasteiger partial charge >= 0.3 is 0 Å². The molecule has 30 heavy (non-hydrogen) atoms. The van der Waals surface area contributed by atoms with Crippen molar-refractivity contribution in [2.75, 3.05) is 7.11 Å². The van der Waals surface area contributed by atoms with E-state index in [1.807, 2.05) is 39.8 Å². The molecule has 0 aromatic heterocycles. The summed E-state index contributed by atoms with van der Waals surface area (Å²) in [5, 5.41) is 9.84. The number of ether oxygens (including phenoxy) is 1. The second-order valence-electron chi connectivity index (χ2n) is 7.97. The van der Waals surface area contributed by atoms with E-state index in [0.29, 0.717) is 5.57 Å². The van der Waals surface area contributed by atoms with Crippen molar-refractivity contribution in [1.29, 1.82) is 0 Å². The van der Waals surface area contributed by atoms with Crippen LogP contribution >= 0.6 is 0 Å². The molecule has 166 valence electrons. The molecule has 0 saturated heterocycles. The molecule has 0 aliphatic heterocycles. The highest BCUT2D eigenvalue weighted by molar-refractivity contribution is 5.52. The third-order valence-electron chi connectivity index (χ3n) is 5.35. The van der Waals surface area contributed by atoms with Crippen LogP contribution in [0.15, 0.2) is 94.6 Å². The Morgan fingerprint density at radius 3 is 1.77 bits per heavy atom. The van der Waals surface area contributed by atoms with Crippen molar-refractivity contribution in [3.05, 3.63) is 94.6 Å². The molecule has 2 nitrogen and oxygen atoms in total. The average Bonchev–Trinajstić information content (AvgIpc) is 2.67. The largest absolute Gasteiger partial charge is 0.508 e. The van der Waals surface area contributed by atoms with Gasteiger partial charge in [0.05, 0.1) is 7.11 Å². The Kier molecular flexibility index (Phi) is 11.3. The van der Waals surface area contributed by atoms with E-state index in [9.17, 15) is 5.11 Å². The van der Waals surface area contributed by atoms with Gasteiger partial charge in [-0.05, 0) is 70.8 Å². The summed E-state index contributed by atoms with van der Waals surface area (Å²) < 4.78 is 5.79. The molecule has 0 aromatic rings. The van der Waals surface area contributed by atoms with Gasteiger partial charge in [-0.1, -0.05) is 68.5 Å². The van der Waals surface area contributed by atoms with Gasteiger partial charge in [-0.15, -0.1) is 0 Å². The fourth-order valence-electron chi connectivity index (χ4n) is 4.00. The van der Waals surface area contributed by atoms with Gasteiger partial charge in [-0.3, -0.25) is 0 Å². The zero-order chi connectivity index (χ0) is 23.8. The van der Waals surface area contributed by atoms with E-state index in [0.717, 1.165) is 34.5 Å². The molecule has 1 N–H and O–H groups in total. The summed E-state index contributed by atoms with van der Waals surface area (Å²) >= 11 is 0. The molecular formula is C28H42O2. The summed E-state index contributed by atoms with van der Waals surface area (Å²) in [6.07, 6.45) is 4.63. The van der Waals surface area contributed by atoms with Crippen LogP contribution in [0.25, 0.3) is 0 Å². The third-order valence-corrected chi connectivity index (χ3v) is 5.35. The first-order chi connectivity index (χ1) is 13.9. The first kappa shape index (κ1) is 27.5. The second-order valence-corrected chi connectivity index (χ2v) is 7.97. The summed E-state index contributed by atoms with van der Waals surface area (Å²) in [5.74, 6) is 0.981. The van der Waals surface area contributed by atoms with E-state index in [1.54, 1.807) is 7.11 Å². The van der Waals surface area contributed by atoms with Crippen LogP contribution in [0.1, 0.15) is 61.8 Å². The molecule has 0 bridgehead atoms. The first-order valence-corrected chi connectivity index (χ1v) is 10.6. The maximum absolute atomic E-state index is 9.84. The van der Waals surface area contributed by atoms with E-state index in [-0.39, 0.29) is 17.6 Å². The molecule has 0 spiro atoms. The molecule has 2 unspecified atom stereocenters. The summed E-state index contributed by atoms with van der Waals surface area (Å²) in [6, 6.07) is 0. The predicted molar refractivity (Wildman–Crippen MR) is 133 cm³/mol. The normalized spacial score (nSPS) is 17.2. The van der Waals surface area contributed by atoms with E-state index in [4.69, 9.17) is 4.74 Å². The van der Waals surface area contributed by atoms with E-state index in [2.05, 4.69) is 54.0 Å². The van der Waals surface area contributed by atoms with Gasteiger partial charge in [0.1, 0.15) is 11.5 Å². The molecule has 0 heterocycles. The summed E-state index contributed by atoms with van der Waals surface area (Å²) in [7, 11) is 1.68. The van der Waals surface area contributed by atoms with Gasteiger partial charge < -0.3 is 9.84 Å². The van der Waals surface area contributed by atoms with Crippen LogP contribution in [0, 0.1) is 11.8 Å². The predicted octanol–water partition coefficient (Wildman–Crippen LogP) is 8.56.